The quantitative estimate of drug-likeness (QED) is 0.592. The van der Waals surface area contributed by atoms with E-state index in [1.54, 1.807) is 0 Å². The molecular formula is C8H11N6O2S+. The third-order valence-electron chi connectivity index (χ3n) is 2.23. The monoisotopic (exact) mass is 255 g/mol. The Kier molecular flexibility index (Phi) is 2.77. The fraction of sp³-hybridized carbons (Fsp3) is 0.125. The maximum atomic E-state index is 11.6. The average molecular weight is 255 g/mol. The molecule has 0 unspecified atom stereocenters. The van der Waals surface area contributed by atoms with Gasteiger partial charge in [-0.3, -0.25) is 0 Å². The van der Waals surface area contributed by atoms with Crippen LogP contribution < -0.4 is 15.6 Å². The lowest BCUT2D eigenvalue weighted by molar-refractivity contribution is -0.444. The van der Waals surface area contributed by atoms with Gasteiger partial charge in [-0.05, 0) is 25.2 Å². The van der Waals surface area contributed by atoms with Gasteiger partial charge in [-0.2, -0.15) is 5.10 Å². The van der Waals surface area contributed by atoms with E-state index < -0.39 is 10.0 Å². The fourth-order valence-corrected chi connectivity index (χ4v) is 2.08. The van der Waals surface area contributed by atoms with E-state index in [9.17, 15) is 8.42 Å². The molecule has 17 heavy (non-hydrogen) atoms. The van der Waals surface area contributed by atoms with Gasteiger partial charge >= 0.3 is 5.82 Å². The minimum Gasteiger partial charge on any atom is -0.398 e. The first-order valence-corrected chi connectivity index (χ1v) is 6.15. The molecule has 9 heteroatoms. The SMILES string of the molecule is CNS(=O)(=O)c1ccc(N)c(-c2nn[nH][nH+]2)c1. The molecule has 1 aromatic heterocycles. The van der Waals surface area contributed by atoms with E-state index in [4.69, 9.17) is 5.73 Å². The molecule has 1 aromatic carbocycles. The third-order valence-corrected chi connectivity index (χ3v) is 3.65. The molecule has 0 bridgehead atoms. The van der Waals surface area contributed by atoms with Gasteiger partial charge in [0.15, 0.2) is 5.21 Å². The highest BCUT2D eigenvalue weighted by Gasteiger charge is 2.18. The van der Waals surface area contributed by atoms with Crippen molar-refractivity contribution in [2.24, 2.45) is 0 Å². The Morgan fingerprint density at radius 1 is 1.47 bits per heavy atom. The van der Waals surface area contributed by atoms with Gasteiger partial charge in [-0.1, -0.05) is 5.21 Å². The van der Waals surface area contributed by atoms with Gasteiger partial charge in [-0.15, -0.1) is 0 Å². The molecule has 0 saturated heterocycles. The second-order valence-corrected chi connectivity index (χ2v) is 5.13. The molecule has 2 rings (SSSR count). The average Bonchev–Trinajstić information content (AvgIpc) is 2.83. The molecule has 0 fully saturated rings. The van der Waals surface area contributed by atoms with Crippen molar-refractivity contribution in [3.63, 3.8) is 0 Å². The predicted octanol–water partition coefficient (Wildman–Crippen LogP) is -1.22. The summed E-state index contributed by atoms with van der Waals surface area (Å²) >= 11 is 0. The Morgan fingerprint density at radius 2 is 2.24 bits per heavy atom. The van der Waals surface area contributed by atoms with Crippen molar-refractivity contribution >= 4 is 15.7 Å². The molecule has 0 aliphatic heterocycles. The van der Waals surface area contributed by atoms with Crippen LogP contribution in [0.4, 0.5) is 5.69 Å². The lowest BCUT2D eigenvalue weighted by Gasteiger charge is -2.04. The van der Waals surface area contributed by atoms with E-state index in [0.717, 1.165) is 0 Å². The van der Waals surface area contributed by atoms with E-state index >= 15 is 0 Å². The number of nitrogens with two attached hydrogens (primary N) is 1. The molecule has 8 nitrogen and oxygen atoms in total. The number of nitrogen functional groups attached to an aromatic ring is 1. The highest BCUT2D eigenvalue weighted by atomic mass is 32.2. The molecule has 0 aliphatic rings. The molecule has 0 atom stereocenters. The number of H-pyrrole nitrogens is 2. The van der Waals surface area contributed by atoms with Crippen molar-refractivity contribution in [3.05, 3.63) is 18.2 Å². The van der Waals surface area contributed by atoms with E-state index in [-0.39, 0.29) is 4.90 Å². The molecule has 0 radical (unpaired) electrons. The molecule has 0 spiro atoms. The molecule has 0 saturated carbocycles. The number of rotatable bonds is 3. The zero-order valence-electron chi connectivity index (χ0n) is 8.93. The predicted molar refractivity (Wildman–Crippen MR) is 59.0 cm³/mol. The first-order valence-electron chi connectivity index (χ1n) is 4.67. The summed E-state index contributed by atoms with van der Waals surface area (Å²) in [5.74, 6) is 0.371. The normalized spacial score (nSPS) is 11.6. The summed E-state index contributed by atoms with van der Waals surface area (Å²) in [6.45, 7) is 0. The number of anilines is 1. The van der Waals surface area contributed by atoms with Gasteiger partial charge < -0.3 is 5.73 Å². The molecular weight excluding hydrogens is 244 g/mol. The molecule has 5 N–H and O–H groups in total. The van der Waals surface area contributed by atoms with Crippen LogP contribution >= 0.6 is 0 Å². The van der Waals surface area contributed by atoms with Gasteiger partial charge in [0, 0.05) is 5.69 Å². The van der Waals surface area contributed by atoms with Crippen LogP contribution in [0, 0.1) is 0 Å². The highest BCUT2D eigenvalue weighted by molar-refractivity contribution is 7.89. The molecule has 0 aliphatic carbocycles. The zero-order valence-corrected chi connectivity index (χ0v) is 9.75. The first-order chi connectivity index (χ1) is 8.04. The Bertz CT molecular complexity index is 621. The van der Waals surface area contributed by atoms with Crippen molar-refractivity contribution in [1.82, 2.24) is 20.2 Å². The van der Waals surface area contributed by atoms with Crippen LogP contribution in [0.1, 0.15) is 0 Å². The topological polar surface area (TPSA) is 128 Å². The summed E-state index contributed by atoms with van der Waals surface area (Å²) in [6.07, 6.45) is 0. The lowest BCUT2D eigenvalue weighted by atomic mass is 10.2. The molecule has 90 valence electrons. The minimum atomic E-state index is -3.51. The third kappa shape index (κ3) is 2.10. The highest BCUT2D eigenvalue weighted by Crippen LogP contribution is 2.23. The summed E-state index contributed by atoms with van der Waals surface area (Å²) in [4.78, 5) is 0.112. The number of aromatic nitrogens is 4. The molecule has 1 heterocycles. The number of benzene rings is 1. The fourth-order valence-electron chi connectivity index (χ4n) is 1.32. The van der Waals surface area contributed by atoms with Crippen molar-refractivity contribution in [2.45, 2.75) is 4.90 Å². The number of nitrogens with one attached hydrogen (secondary N) is 3. The van der Waals surface area contributed by atoms with Crippen LogP contribution in [0.15, 0.2) is 23.1 Å². The smallest absolute Gasteiger partial charge is 0.331 e. The van der Waals surface area contributed by atoms with Crippen LogP contribution in [-0.4, -0.2) is 31.0 Å². The van der Waals surface area contributed by atoms with Gasteiger partial charge in [0.25, 0.3) is 0 Å². The van der Waals surface area contributed by atoms with Crippen LogP contribution in [-0.2, 0) is 10.0 Å². The van der Waals surface area contributed by atoms with Crippen molar-refractivity contribution < 1.29 is 13.5 Å². The summed E-state index contributed by atoms with van der Waals surface area (Å²) in [5.41, 5.74) is 6.62. The van der Waals surface area contributed by atoms with Gasteiger partial charge in [0.05, 0.1) is 10.5 Å². The number of tetrazole rings is 1. The van der Waals surface area contributed by atoms with Crippen LogP contribution in [0.3, 0.4) is 0 Å². The van der Waals surface area contributed by atoms with Gasteiger partial charge in [0.2, 0.25) is 10.0 Å². The first kappa shape index (κ1) is 11.5. The minimum absolute atomic E-state index is 0.112. The molecule has 2 aromatic rings. The number of aromatic amines is 2. The number of hydrogen-bond donors (Lipinski definition) is 3. The number of nitrogens with zero attached hydrogens (tertiary/aromatic N) is 2. The Labute approximate surface area is 97.3 Å². The summed E-state index contributed by atoms with van der Waals surface area (Å²) < 4.78 is 25.5. The van der Waals surface area contributed by atoms with Crippen LogP contribution in [0.5, 0.6) is 0 Å². The zero-order chi connectivity index (χ0) is 12.5. The maximum absolute atomic E-state index is 11.6. The lowest BCUT2D eigenvalue weighted by Crippen LogP contribution is -2.19. The van der Waals surface area contributed by atoms with E-state index in [1.165, 1.54) is 25.2 Å². The Balaban J connectivity index is 2.59. The van der Waals surface area contributed by atoms with Gasteiger partial charge in [0.1, 0.15) is 5.10 Å². The van der Waals surface area contributed by atoms with Crippen molar-refractivity contribution in [3.8, 4) is 11.4 Å². The summed E-state index contributed by atoms with van der Waals surface area (Å²) in [7, 11) is -2.17. The Hall–Kier alpha value is -2.00. The maximum Gasteiger partial charge on any atom is 0.331 e. The van der Waals surface area contributed by atoms with Crippen LogP contribution in [0.2, 0.25) is 0 Å². The van der Waals surface area contributed by atoms with E-state index in [0.29, 0.717) is 17.1 Å². The Morgan fingerprint density at radius 3 is 2.82 bits per heavy atom. The second kappa shape index (κ2) is 4.11. The van der Waals surface area contributed by atoms with Crippen molar-refractivity contribution in [2.75, 3.05) is 12.8 Å². The summed E-state index contributed by atoms with van der Waals surface area (Å²) in [6, 6.07) is 4.35. The van der Waals surface area contributed by atoms with Crippen LogP contribution in [0.25, 0.3) is 11.4 Å². The second-order valence-electron chi connectivity index (χ2n) is 3.24. The van der Waals surface area contributed by atoms with Gasteiger partial charge in [-0.25, -0.2) is 13.1 Å². The number of hydrogen-bond acceptors (Lipinski definition) is 5. The molecule has 0 amide bonds. The standard InChI is InChI=1S/C8H10N6O2S/c1-10-17(15,16)5-2-3-7(9)6(4-5)8-11-13-14-12-8/h2-4,10H,9H2,1H3,(H,11,12,13,14)/p+1. The van der Waals surface area contributed by atoms with E-state index in [2.05, 4.69) is 25.3 Å². The van der Waals surface area contributed by atoms with Crippen molar-refractivity contribution in [1.29, 1.82) is 0 Å². The largest absolute Gasteiger partial charge is 0.398 e. The number of sulfonamides is 1. The summed E-state index contributed by atoms with van der Waals surface area (Å²) in [5, 5.41) is 12.3. The van der Waals surface area contributed by atoms with E-state index in [1.807, 2.05) is 0 Å².